The lowest BCUT2D eigenvalue weighted by atomic mass is 10.1. The summed E-state index contributed by atoms with van der Waals surface area (Å²) in [7, 11) is 0. The van der Waals surface area contributed by atoms with Crippen molar-refractivity contribution in [2.75, 3.05) is 23.7 Å². The van der Waals surface area contributed by atoms with E-state index in [1.165, 1.54) is 0 Å². The van der Waals surface area contributed by atoms with Gasteiger partial charge in [-0.2, -0.15) is 0 Å². The lowest BCUT2D eigenvalue weighted by Crippen LogP contribution is -2.26. The Bertz CT molecular complexity index is 562. The van der Waals surface area contributed by atoms with Gasteiger partial charge < -0.3 is 10.6 Å². The van der Waals surface area contributed by atoms with Crippen molar-refractivity contribution in [3.63, 3.8) is 0 Å². The molecule has 1 atom stereocenters. The lowest BCUT2D eigenvalue weighted by molar-refractivity contribution is -0.117. The largest absolute Gasteiger partial charge is 0.397 e. The molecular formula is C13H17N5O. The second-order valence-corrected chi connectivity index (χ2v) is 4.98. The smallest absolute Gasteiger partial charge is 0.227 e. The van der Waals surface area contributed by atoms with Crippen molar-refractivity contribution < 1.29 is 4.79 Å². The Hall–Kier alpha value is -2.20. The predicted octanol–water partition coefficient (Wildman–Crippen LogP) is 2.55. The van der Waals surface area contributed by atoms with Gasteiger partial charge in [0, 0.05) is 24.4 Å². The van der Waals surface area contributed by atoms with Crippen LogP contribution >= 0.6 is 0 Å². The fourth-order valence-corrected chi connectivity index (χ4v) is 2.35. The molecule has 1 aliphatic heterocycles. The van der Waals surface area contributed by atoms with E-state index in [2.05, 4.69) is 10.0 Å². The molecule has 100 valence electrons. The van der Waals surface area contributed by atoms with Crippen LogP contribution in [0.15, 0.2) is 17.2 Å². The van der Waals surface area contributed by atoms with Gasteiger partial charge in [-0.1, -0.05) is 5.11 Å². The lowest BCUT2D eigenvalue weighted by Gasteiger charge is -2.20. The fourth-order valence-electron chi connectivity index (χ4n) is 2.35. The zero-order valence-corrected chi connectivity index (χ0v) is 11.1. The summed E-state index contributed by atoms with van der Waals surface area (Å²) in [5.74, 6) is 0.109. The molecule has 0 saturated carbocycles. The first-order valence-electron chi connectivity index (χ1n) is 6.21. The summed E-state index contributed by atoms with van der Waals surface area (Å²) in [5.41, 5.74) is 17.9. The summed E-state index contributed by atoms with van der Waals surface area (Å²) in [6, 6.07) is 3.83. The van der Waals surface area contributed by atoms with Gasteiger partial charge in [0.25, 0.3) is 0 Å². The number of carbonyl (C=O) groups excluding carboxylic acids is 1. The first-order chi connectivity index (χ1) is 9.02. The molecule has 1 aromatic carbocycles. The highest BCUT2D eigenvalue weighted by molar-refractivity contribution is 5.98. The van der Waals surface area contributed by atoms with Crippen LogP contribution in [0.2, 0.25) is 0 Å². The van der Waals surface area contributed by atoms with Gasteiger partial charge >= 0.3 is 0 Å². The van der Waals surface area contributed by atoms with Crippen molar-refractivity contribution in [2.45, 2.75) is 20.3 Å². The number of carbonyl (C=O) groups is 1. The van der Waals surface area contributed by atoms with Gasteiger partial charge in [0.2, 0.25) is 5.91 Å². The number of amides is 1. The number of benzene rings is 1. The number of hydrogen-bond donors (Lipinski definition) is 1. The first kappa shape index (κ1) is 13.2. The van der Waals surface area contributed by atoms with E-state index in [1.54, 1.807) is 4.90 Å². The van der Waals surface area contributed by atoms with Crippen molar-refractivity contribution in [1.82, 2.24) is 0 Å². The third kappa shape index (κ3) is 2.63. The van der Waals surface area contributed by atoms with Gasteiger partial charge in [0.1, 0.15) is 0 Å². The average molecular weight is 259 g/mol. The Labute approximate surface area is 111 Å². The highest BCUT2D eigenvalue weighted by atomic mass is 16.2. The summed E-state index contributed by atoms with van der Waals surface area (Å²) in [6.45, 7) is 4.90. The van der Waals surface area contributed by atoms with Crippen molar-refractivity contribution in [3.8, 4) is 0 Å². The van der Waals surface area contributed by atoms with E-state index in [0.717, 1.165) is 16.8 Å². The maximum Gasteiger partial charge on any atom is 0.227 e. The second-order valence-electron chi connectivity index (χ2n) is 4.98. The minimum atomic E-state index is 0.0353. The van der Waals surface area contributed by atoms with E-state index < -0.39 is 0 Å². The standard InChI is InChI=1S/C13H17N5O/c1-8-3-11(14)12(4-9(8)2)18-7-10(5-13(18)19)6-16-17-15/h3-4,10H,5-7,14H2,1-2H3. The summed E-state index contributed by atoms with van der Waals surface area (Å²) in [6.07, 6.45) is 0.408. The third-order valence-electron chi connectivity index (χ3n) is 3.54. The van der Waals surface area contributed by atoms with Crippen molar-refractivity contribution in [2.24, 2.45) is 11.0 Å². The highest BCUT2D eigenvalue weighted by Crippen LogP contribution is 2.32. The zero-order chi connectivity index (χ0) is 14.0. The first-order valence-corrected chi connectivity index (χ1v) is 6.21. The topological polar surface area (TPSA) is 95.1 Å². The number of nitrogen functional groups attached to an aromatic ring is 1. The van der Waals surface area contributed by atoms with Crippen molar-refractivity contribution in [1.29, 1.82) is 0 Å². The summed E-state index contributed by atoms with van der Waals surface area (Å²) in [4.78, 5) is 16.5. The average Bonchev–Trinajstić information content (AvgIpc) is 2.72. The van der Waals surface area contributed by atoms with E-state index in [0.29, 0.717) is 25.2 Å². The SMILES string of the molecule is Cc1cc(N)c(N2CC(CN=[N+]=[N-])CC2=O)cc1C. The fraction of sp³-hybridized carbons (Fsp3) is 0.462. The second kappa shape index (κ2) is 5.20. The Morgan fingerprint density at radius 2 is 2.16 bits per heavy atom. The highest BCUT2D eigenvalue weighted by Gasteiger charge is 2.31. The Morgan fingerprint density at radius 3 is 2.84 bits per heavy atom. The Morgan fingerprint density at radius 1 is 1.47 bits per heavy atom. The number of anilines is 2. The molecule has 1 aliphatic rings. The molecule has 1 aromatic rings. The molecule has 1 fully saturated rings. The molecular weight excluding hydrogens is 242 g/mol. The van der Waals surface area contributed by atoms with E-state index in [9.17, 15) is 4.79 Å². The number of nitrogens with zero attached hydrogens (tertiary/aromatic N) is 4. The number of nitrogens with two attached hydrogens (primary N) is 1. The molecule has 2 rings (SSSR count). The molecule has 1 saturated heterocycles. The molecule has 0 radical (unpaired) electrons. The van der Waals surface area contributed by atoms with Crippen LogP contribution < -0.4 is 10.6 Å². The van der Waals surface area contributed by atoms with Crippen molar-refractivity contribution in [3.05, 3.63) is 33.7 Å². The van der Waals surface area contributed by atoms with E-state index in [-0.39, 0.29) is 11.8 Å². The van der Waals surface area contributed by atoms with E-state index in [4.69, 9.17) is 11.3 Å². The minimum absolute atomic E-state index is 0.0353. The van der Waals surface area contributed by atoms with Crippen LogP contribution in [0, 0.1) is 19.8 Å². The molecule has 0 bridgehead atoms. The minimum Gasteiger partial charge on any atom is -0.397 e. The molecule has 1 amide bonds. The van der Waals surface area contributed by atoms with E-state index >= 15 is 0 Å². The van der Waals surface area contributed by atoms with Crippen LogP contribution in [-0.4, -0.2) is 19.0 Å². The molecule has 0 spiro atoms. The van der Waals surface area contributed by atoms with Gasteiger partial charge in [0.15, 0.2) is 0 Å². The number of hydrogen-bond acceptors (Lipinski definition) is 3. The molecule has 1 unspecified atom stereocenters. The molecule has 2 N–H and O–H groups in total. The third-order valence-corrected chi connectivity index (χ3v) is 3.54. The van der Waals surface area contributed by atoms with Crippen LogP contribution in [0.1, 0.15) is 17.5 Å². The summed E-state index contributed by atoms with van der Waals surface area (Å²) >= 11 is 0. The van der Waals surface area contributed by atoms with E-state index in [1.807, 2.05) is 26.0 Å². The van der Waals surface area contributed by atoms with Crippen LogP contribution in [0.4, 0.5) is 11.4 Å². The normalized spacial score (nSPS) is 18.5. The van der Waals surface area contributed by atoms with Crippen LogP contribution in [0.3, 0.4) is 0 Å². The number of rotatable bonds is 3. The van der Waals surface area contributed by atoms with Gasteiger partial charge in [-0.05, 0) is 48.6 Å². The van der Waals surface area contributed by atoms with Crippen LogP contribution in [0.25, 0.3) is 10.4 Å². The quantitative estimate of drug-likeness (QED) is 0.391. The molecule has 6 nitrogen and oxygen atoms in total. The molecule has 6 heteroatoms. The monoisotopic (exact) mass is 259 g/mol. The molecule has 1 heterocycles. The predicted molar refractivity (Wildman–Crippen MR) is 74.8 cm³/mol. The van der Waals surface area contributed by atoms with Crippen LogP contribution in [-0.2, 0) is 4.79 Å². The molecule has 0 aromatic heterocycles. The van der Waals surface area contributed by atoms with Crippen LogP contribution in [0.5, 0.6) is 0 Å². The van der Waals surface area contributed by atoms with Gasteiger partial charge in [-0.25, -0.2) is 0 Å². The zero-order valence-electron chi connectivity index (χ0n) is 11.1. The maximum absolute atomic E-state index is 12.0. The Kier molecular flexibility index (Phi) is 3.62. The van der Waals surface area contributed by atoms with Gasteiger partial charge in [-0.3, -0.25) is 4.79 Å². The molecule has 19 heavy (non-hydrogen) atoms. The Balaban J connectivity index is 2.25. The van der Waals surface area contributed by atoms with Gasteiger partial charge in [-0.15, -0.1) is 0 Å². The summed E-state index contributed by atoms with van der Waals surface area (Å²) < 4.78 is 0. The van der Waals surface area contributed by atoms with Gasteiger partial charge in [0.05, 0.1) is 11.4 Å². The number of aryl methyl sites for hydroxylation is 2. The summed E-state index contributed by atoms with van der Waals surface area (Å²) in [5, 5.41) is 3.54. The maximum atomic E-state index is 12.0. The molecule has 0 aliphatic carbocycles. The van der Waals surface area contributed by atoms with Crippen molar-refractivity contribution >= 4 is 17.3 Å². The number of azide groups is 1.